The second-order valence-electron chi connectivity index (χ2n) is 5.70. The molecule has 1 fully saturated rings. The van der Waals surface area contributed by atoms with Gasteiger partial charge in [0.2, 0.25) is 0 Å². The van der Waals surface area contributed by atoms with Gasteiger partial charge in [0.1, 0.15) is 0 Å². The smallest absolute Gasteiger partial charge is 0.187 e. The third-order valence-corrected chi connectivity index (χ3v) is 4.15. The number of hydrogen-bond donors (Lipinski definition) is 2. The molecule has 0 saturated carbocycles. The maximum atomic E-state index is 5.54. The summed E-state index contributed by atoms with van der Waals surface area (Å²) in [5.41, 5.74) is 6.25. The second kappa shape index (κ2) is 8.57. The van der Waals surface area contributed by atoms with Crippen LogP contribution >= 0.6 is 12.2 Å². The molecule has 1 aliphatic rings. The summed E-state index contributed by atoms with van der Waals surface area (Å²) in [5, 5.41) is 7.81. The second-order valence-corrected chi connectivity index (χ2v) is 6.11. The van der Waals surface area contributed by atoms with Crippen molar-refractivity contribution in [1.82, 2.24) is 10.7 Å². The molecule has 5 heteroatoms. The molecular weight excluding hydrogens is 318 g/mol. The number of hydrazone groups is 1. The molecule has 0 aromatic heterocycles. The van der Waals surface area contributed by atoms with E-state index >= 15 is 0 Å². The highest BCUT2D eigenvalue weighted by molar-refractivity contribution is 7.80. The van der Waals surface area contributed by atoms with Crippen molar-refractivity contribution in [2.24, 2.45) is 5.10 Å². The molecule has 4 nitrogen and oxygen atoms in total. The molecule has 0 bridgehead atoms. The Morgan fingerprint density at radius 2 is 1.88 bits per heavy atom. The van der Waals surface area contributed by atoms with Crippen LogP contribution in [0.15, 0.2) is 59.7 Å². The molecule has 1 aliphatic heterocycles. The summed E-state index contributed by atoms with van der Waals surface area (Å²) in [6.07, 6.45) is 4.24. The predicted octanol–water partition coefficient (Wildman–Crippen LogP) is 3.33. The molecular formula is C19H21N3OS. The number of thiocarbonyl (C=S) groups is 1. The number of rotatable bonds is 5. The van der Waals surface area contributed by atoms with Gasteiger partial charge in [0, 0.05) is 13.2 Å². The van der Waals surface area contributed by atoms with Gasteiger partial charge in [-0.1, -0.05) is 54.6 Å². The highest BCUT2D eigenvalue weighted by atomic mass is 32.1. The van der Waals surface area contributed by atoms with Crippen LogP contribution in [0.1, 0.15) is 18.4 Å². The molecule has 0 aliphatic carbocycles. The molecule has 24 heavy (non-hydrogen) atoms. The van der Waals surface area contributed by atoms with E-state index in [-0.39, 0.29) is 6.10 Å². The van der Waals surface area contributed by atoms with Gasteiger partial charge in [-0.15, -0.1) is 0 Å². The molecule has 1 unspecified atom stereocenters. The Morgan fingerprint density at radius 1 is 1.12 bits per heavy atom. The first-order valence-corrected chi connectivity index (χ1v) is 8.56. The van der Waals surface area contributed by atoms with Gasteiger partial charge in [-0.05, 0) is 41.7 Å². The monoisotopic (exact) mass is 339 g/mol. The third kappa shape index (κ3) is 4.88. The minimum Gasteiger partial charge on any atom is -0.376 e. The predicted molar refractivity (Wildman–Crippen MR) is 102 cm³/mol. The van der Waals surface area contributed by atoms with E-state index in [2.05, 4.69) is 40.1 Å². The highest BCUT2D eigenvalue weighted by Gasteiger charge is 2.14. The lowest BCUT2D eigenvalue weighted by Crippen LogP contribution is -2.37. The molecule has 0 radical (unpaired) electrons. The number of ether oxygens (including phenoxy) is 1. The summed E-state index contributed by atoms with van der Waals surface area (Å²) in [6, 6.07) is 18.6. The first-order chi connectivity index (χ1) is 11.8. The van der Waals surface area contributed by atoms with E-state index in [0.717, 1.165) is 31.6 Å². The topological polar surface area (TPSA) is 45.6 Å². The van der Waals surface area contributed by atoms with Gasteiger partial charge in [-0.2, -0.15) is 5.10 Å². The summed E-state index contributed by atoms with van der Waals surface area (Å²) in [6.45, 7) is 1.58. The van der Waals surface area contributed by atoms with Crippen LogP contribution in [0, 0.1) is 0 Å². The molecule has 2 N–H and O–H groups in total. The Morgan fingerprint density at radius 3 is 2.58 bits per heavy atom. The highest BCUT2D eigenvalue weighted by Crippen LogP contribution is 2.18. The molecule has 1 heterocycles. The quantitative estimate of drug-likeness (QED) is 0.498. The minimum atomic E-state index is 0.263. The molecule has 2 aromatic carbocycles. The van der Waals surface area contributed by atoms with Crippen LogP contribution in [0.3, 0.4) is 0 Å². The first-order valence-electron chi connectivity index (χ1n) is 8.15. The molecule has 0 amide bonds. The molecule has 0 spiro atoms. The maximum Gasteiger partial charge on any atom is 0.187 e. The number of nitrogens with one attached hydrogen (secondary N) is 2. The van der Waals surface area contributed by atoms with Crippen LogP contribution in [0.25, 0.3) is 11.1 Å². The van der Waals surface area contributed by atoms with Crippen molar-refractivity contribution in [3.63, 3.8) is 0 Å². The Bertz CT molecular complexity index is 680. The zero-order chi connectivity index (χ0) is 16.6. The van der Waals surface area contributed by atoms with Crippen LogP contribution in [0.2, 0.25) is 0 Å². The molecule has 3 rings (SSSR count). The van der Waals surface area contributed by atoms with Crippen LogP contribution in [-0.4, -0.2) is 30.6 Å². The van der Waals surface area contributed by atoms with E-state index in [4.69, 9.17) is 17.0 Å². The molecule has 1 saturated heterocycles. The lowest BCUT2D eigenvalue weighted by Gasteiger charge is -2.11. The van der Waals surface area contributed by atoms with Gasteiger partial charge in [0.05, 0.1) is 12.3 Å². The standard InChI is InChI=1S/C19H21N3OS/c24-19(20-14-18-7-4-12-23-18)22-21-13-15-8-10-17(11-9-15)16-5-2-1-3-6-16/h1-3,5-6,8-11,13,18H,4,7,12,14H2,(H2,20,22,24)/b21-13+. The summed E-state index contributed by atoms with van der Waals surface area (Å²) in [4.78, 5) is 0. The van der Waals surface area contributed by atoms with E-state index in [1.54, 1.807) is 6.21 Å². The van der Waals surface area contributed by atoms with Crippen molar-refractivity contribution in [2.45, 2.75) is 18.9 Å². The van der Waals surface area contributed by atoms with Crippen molar-refractivity contribution >= 4 is 23.5 Å². The van der Waals surface area contributed by atoms with Gasteiger partial charge in [-0.25, -0.2) is 0 Å². The zero-order valence-corrected chi connectivity index (χ0v) is 14.3. The Balaban J connectivity index is 1.46. The van der Waals surface area contributed by atoms with E-state index in [9.17, 15) is 0 Å². The molecule has 1 atom stereocenters. The first kappa shape index (κ1) is 16.6. The summed E-state index contributed by atoms with van der Waals surface area (Å²) in [5.74, 6) is 0. The largest absolute Gasteiger partial charge is 0.376 e. The van der Waals surface area contributed by atoms with Crippen LogP contribution in [-0.2, 0) is 4.74 Å². The van der Waals surface area contributed by atoms with Crippen molar-refractivity contribution in [1.29, 1.82) is 0 Å². The Labute approximate surface area is 147 Å². The van der Waals surface area contributed by atoms with Crippen molar-refractivity contribution in [2.75, 3.05) is 13.2 Å². The average molecular weight is 339 g/mol. The fourth-order valence-corrected chi connectivity index (χ4v) is 2.75. The molecule has 2 aromatic rings. The summed E-state index contributed by atoms with van der Waals surface area (Å²) >= 11 is 5.20. The number of benzene rings is 2. The molecule has 124 valence electrons. The lowest BCUT2D eigenvalue weighted by molar-refractivity contribution is 0.114. The number of hydrogen-bond acceptors (Lipinski definition) is 3. The van der Waals surface area contributed by atoms with Crippen LogP contribution in [0.5, 0.6) is 0 Å². The average Bonchev–Trinajstić information content (AvgIpc) is 3.15. The van der Waals surface area contributed by atoms with Gasteiger partial charge >= 0.3 is 0 Å². The van der Waals surface area contributed by atoms with Crippen molar-refractivity contribution in [3.05, 3.63) is 60.2 Å². The van der Waals surface area contributed by atoms with E-state index in [0.29, 0.717) is 5.11 Å². The van der Waals surface area contributed by atoms with Gasteiger partial charge in [0.25, 0.3) is 0 Å². The fraction of sp³-hybridized carbons (Fsp3) is 0.263. The summed E-state index contributed by atoms with van der Waals surface area (Å²) in [7, 11) is 0. The Hall–Kier alpha value is -2.24. The number of nitrogens with zero attached hydrogens (tertiary/aromatic N) is 1. The third-order valence-electron chi connectivity index (χ3n) is 3.91. The van der Waals surface area contributed by atoms with E-state index in [1.807, 2.05) is 30.3 Å². The van der Waals surface area contributed by atoms with Crippen molar-refractivity contribution < 1.29 is 4.74 Å². The van der Waals surface area contributed by atoms with Gasteiger partial charge < -0.3 is 10.1 Å². The van der Waals surface area contributed by atoms with Gasteiger partial charge in [0.15, 0.2) is 5.11 Å². The SMILES string of the molecule is S=C(NCC1CCCO1)N/N=C/c1ccc(-c2ccccc2)cc1. The van der Waals surface area contributed by atoms with Crippen LogP contribution in [0.4, 0.5) is 0 Å². The van der Waals surface area contributed by atoms with E-state index in [1.165, 1.54) is 11.1 Å². The summed E-state index contributed by atoms with van der Waals surface area (Å²) < 4.78 is 5.54. The van der Waals surface area contributed by atoms with E-state index < -0.39 is 0 Å². The fourth-order valence-electron chi connectivity index (χ4n) is 2.61. The maximum absolute atomic E-state index is 5.54. The minimum absolute atomic E-state index is 0.263. The van der Waals surface area contributed by atoms with Crippen molar-refractivity contribution in [3.8, 4) is 11.1 Å². The zero-order valence-electron chi connectivity index (χ0n) is 13.4. The lowest BCUT2D eigenvalue weighted by atomic mass is 10.0. The Kier molecular flexibility index (Phi) is 5.93. The normalized spacial score (nSPS) is 17.1. The van der Waals surface area contributed by atoms with Gasteiger partial charge in [-0.3, -0.25) is 5.43 Å². The van der Waals surface area contributed by atoms with Crippen LogP contribution < -0.4 is 10.7 Å².